The number of hydrogen-bond donors (Lipinski definition) is 1. The van der Waals surface area contributed by atoms with Crippen LogP contribution >= 0.6 is 0 Å². The van der Waals surface area contributed by atoms with Crippen molar-refractivity contribution in [3.8, 4) is 11.8 Å². The van der Waals surface area contributed by atoms with Crippen LogP contribution in [0.2, 0.25) is 0 Å². The summed E-state index contributed by atoms with van der Waals surface area (Å²) in [5, 5.41) is 0. The number of rotatable bonds is 4. The maximum Gasteiger partial charge on any atom is 0.128 e. The molecule has 1 aromatic heterocycles. The van der Waals surface area contributed by atoms with Crippen molar-refractivity contribution in [1.82, 2.24) is 14.5 Å². The van der Waals surface area contributed by atoms with E-state index in [0.717, 1.165) is 5.82 Å². The normalized spacial score (nSPS) is 10.5. The SMILES string of the molecule is CN(Cc1ccc(C#CCN)cc1F)Cc1nccn1C. The van der Waals surface area contributed by atoms with Crippen LogP contribution in [0, 0.1) is 17.7 Å². The molecular weight excluding hydrogens is 267 g/mol. The summed E-state index contributed by atoms with van der Waals surface area (Å²) in [7, 11) is 3.89. The molecule has 0 radical (unpaired) electrons. The highest BCUT2D eigenvalue weighted by Crippen LogP contribution is 2.13. The highest BCUT2D eigenvalue weighted by molar-refractivity contribution is 5.37. The standard InChI is InChI=1S/C16H19FN4/c1-20(12-16-19-8-9-21(16)2)11-14-6-5-13(4-3-7-18)10-15(14)17/h5-6,8-10H,7,11-12,18H2,1-2H3. The topological polar surface area (TPSA) is 47.1 Å². The molecule has 2 rings (SSSR count). The van der Waals surface area contributed by atoms with E-state index < -0.39 is 0 Å². The zero-order chi connectivity index (χ0) is 15.2. The van der Waals surface area contributed by atoms with E-state index in [1.54, 1.807) is 12.3 Å². The van der Waals surface area contributed by atoms with Crippen LogP contribution in [-0.2, 0) is 20.1 Å². The number of hydrogen-bond acceptors (Lipinski definition) is 3. The molecule has 0 bridgehead atoms. The molecule has 1 aromatic carbocycles. The summed E-state index contributed by atoms with van der Waals surface area (Å²) in [5.74, 6) is 6.25. The van der Waals surface area contributed by atoms with Crippen LogP contribution in [0.5, 0.6) is 0 Å². The fourth-order valence-corrected chi connectivity index (χ4v) is 2.04. The molecule has 4 nitrogen and oxygen atoms in total. The van der Waals surface area contributed by atoms with Gasteiger partial charge in [0.25, 0.3) is 0 Å². The van der Waals surface area contributed by atoms with Gasteiger partial charge in [0.1, 0.15) is 11.6 Å². The fourth-order valence-electron chi connectivity index (χ4n) is 2.04. The van der Waals surface area contributed by atoms with E-state index in [0.29, 0.717) is 24.2 Å². The highest BCUT2D eigenvalue weighted by Gasteiger charge is 2.09. The average Bonchev–Trinajstić information content (AvgIpc) is 2.84. The summed E-state index contributed by atoms with van der Waals surface area (Å²) < 4.78 is 16.0. The summed E-state index contributed by atoms with van der Waals surface area (Å²) >= 11 is 0. The molecule has 0 unspecified atom stereocenters. The monoisotopic (exact) mass is 286 g/mol. The van der Waals surface area contributed by atoms with Crippen LogP contribution in [0.25, 0.3) is 0 Å². The number of aromatic nitrogens is 2. The molecule has 5 heteroatoms. The third kappa shape index (κ3) is 4.15. The molecule has 0 spiro atoms. The molecule has 0 aliphatic heterocycles. The molecule has 0 saturated heterocycles. The van der Waals surface area contributed by atoms with E-state index >= 15 is 0 Å². The molecule has 0 amide bonds. The summed E-state index contributed by atoms with van der Waals surface area (Å²) in [5.41, 5.74) is 6.60. The molecule has 1 heterocycles. The van der Waals surface area contributed by atoms with Crippen molar-refractivity contribution in [2.75, 3.05) is 13.6 Å². The van der Waals surface area contributed by atoms with Gasteiger partial charge in [0.15, 0.2) is 0 Å². The van der Waals surface area contributed by atoms with Gasteiger partial charge in [0.05, 0.1) is 13.1 Å². The Labute approximate surface area is 124 Å². The van der Waals surface area contributed by atoms with Crippen LogP contribution < -0.4 is 5.73 Å². The largest absolute Gasteiger partial charge is 0.337 e. The molecule has 0 aliphatic rings. The zero-order valence-electron chi connectivity index (χ0n) is 12.3. The Morgan fingerprint density at radius 2 is 2.19 bits per heavy atom. The Balaban J connectivity index is 2.04. The zero-order valence-corrected chi connectivity index (χ0v) is 12.3. The third-order valence-corrected chi connectivity index (χ3v) is 3.16. The number of benzene rings is 1. The molecule has 21 heavy (non-hydrogen) atoms. The van der Waals surface area contributed by atoms with E-state index in [2.05, 4.69) is 16.8 Å². The maximum atomic E-state index is 14.0. The van der Waals surface area contributed by atoms with Crippen LogP contribution in [0.4, 0.5) is 4.39 Å². The van der Waals surface area contributed by atoms with Crippen molar-refractivity contribution in [2.24, 2.45) is 12.8 Å². The third-order valence-electron chi connectivity index (χ3n) is 3.16. The lowest BCUT2D eigenvalue weighted by molar-refractivity contribution is 0.302. The Morgan fingerprint density at radius 3 is 2.81 bits per heavy atom. The van der Waals surface area contributed by atoms with Gasteiger partial charge in [0, 0.05) is 37.1 Å². The number of halogens is 1. The summed E-state index contributed by atoms with van der Waals surface area (Å²) in [4.78, 5) is 6.28. The van der Waals surface area contributed by atoms with Gasteiger partial charge in [-0.05, 0) is 19.2 Å². The molecule has 0 fully saturated rings. The van der Waals surface area contributed by atoms with Crippen molar-refractivity contribution in [1.29, 1.82) is 0 Å². The summed E-state index contributed by atoms with van der Waals surface area (Å²) in [6.07, 6.45) is 3.66. The van der Waals surface area contributed by atoms with Crippen LogP contribution in [0.3, 0.4) is 0 Å². The Hall–Kier alpha value is -2.16. The number of nitrogens with two attached hydrogens (primary N) is 1. The number of aryl methyl sites for hydroxylation is 1. The smallest absolute Gasteiger partial charge is 0.128 e. The number of nitrogens with zero attached hydrogens (tertiary/aromatic N) is 3. The highest BCUT2D eigenvalue weighted by atomic mass is 19.1. The minimum atomic E-state index is -0.245. The molecule has 110 valence electrons. The molecule has 0 saturated carbocycles. The lowest BCUT2D eigenvalue weighted by Gasteiger charge is -2.17. The number of imidazole rings is 1. The van der Waals surface area contributed by atoms with Crippen molar-refractivity contribution >= 4 is 0 Å². The van der Waals surface area contributed by atoms with E-state index in [9.17, 15) is 4.39 Å². The first-order chi connectivity index (χ1) is 10.1. The quantitative estimate of drug-likeness (QED) is 0.867. The van der Waals surface area contributed by atoms with Gasteiger partial charge < -0.3 is 10.3 Å². The van der Waals surface area contributed by atoms with E-state index in [-0.39, 0.29) is 12.4 Å². The van der Waals surface area contributed by atoms with Crippen LogP contribution in [0.1, 0.15) is 17.0 Å². The molecule has 0 aliphatic carbocycles. The van der Waals surface area contributed by atoms with Gasteiger partial charge in [-0.15, -0.1) is 0 Å². The lowest BCUT2D eigenvalue weighted by atomic mass is 10.1. The Morgan fingerprint density at radius 1 is 1.38 bits per heavy atom. The lowest BCUT2D eigenvalue weighted by Crippen LogP contribution is -2.20. The molecule has 2 N–H and O–H groups in total. The van der Waals surface area contributed by atoms with E-state index in [4.69, 9.17) is 5.73 Å². The van der Waals surface area contributed by atoms with Gasteiger partial charge in [-0.2, -0.15) is 0 Å². The predicted molar refractivity (Wildman–Crippen MR) is 80.7 cm³/mol. The van der Waals surface area contributed by atoms with Crippen molar-refractivity contribution < 1.29 is 4.39 Å². The first kappa shape index (κ1) is 15.2. The van der Waals surface area contributed by atoms with Gasteiger partial charge >= 0.3 is 0 Å². The van der Waals surface area contributed by atoms with Crippen LogP contribution in [0.15, 0.2) is 30.6 Å². The van der Waals surface area contributed by atoms with Crippen molar-refractivity contribution in [2.45, 2.75) is 13.1 Å². The summed E-state index contributed by atoms with van der Waals surface area (Å²) in [6.45, 7) is 1.46. The van der Waals surface area contributed by atoms with Gasteiger partial charge in [-0.1, -0.05) is 17.9 Å². The first-order valence-corrected chi connectivity index (χ1v) is 6.72. The second kappa shape index (κ2) is 7.02. The van der Waals surface area contributed by atoms with Crippen molar-refractivity contribution in [3.05, 3.63) is 53.4 Å². The molecular formula is C16H19FN4. The minimum Gasteiger partial charge on any atom is -0.337 e. The summed E-state index contributed by atoms with van der Waals surface area (Å²) in [6, 6.07) is 5.03. The first-order valence-electron chi connectivity index (χ1n) is 6.72. The minimum absolute atomic E-state index is 0.245. The fraction of sp³-hybridized carbons (Fsp3) is 0.312. The van der Waals surface area contributed by atoms with Gasteiger partial charge in [0.2, 0.25) is 0 Å². The van der Waals surface area contributed by atoms with E-state index in [1.165, 1.54) is 6.07 Å². The second-order valence-corrected chi connectivity index (χ2v) is 4.94. The average molecular weight is 286 g/mol. The maximum absolute atomic E-state index is 14.0. The Bertz CT molecular complexity index is 666. The molecule has 2 aromatic rings. The molecule has 0 atom stereocenters. The Kier molecular flexibility index (Phi) is 5.09. The predicted octanol–water partition coefficient (Wildman–Crippen LogP) is 1.50. The van der Waals surface area contributed by atoms with E-state index in [1.807, 2.05) is 35.8 Å². The second-order valence-electron chi connectivity index (χ2n) is 4.94. The van der Waals surface area contributed by atoms with Crippen molar-refractivity contribution in [3.63, 3.8) is 0 Å². The van der Waals surface area contributed by atoms with Gasteiger partial charge in [-0.25, -0.2) is 9.37 Å². The van der Waals surface area contributed by atoms with Crippen LogP contribution in [-0.4, -0.2) is 28.0 Å². The van der Waals surface area contributed by atoms with Gasteiger partial charge in [-0.3, -0.25) is 4.90 Å².